The van der Waals surface area contributed by atoms with Gasteiger partial charge in [0.25, 0.3) is 0 Å². The second-order valence-electron chi connectivity index (χ2n) is 6.93. The van der Waals surface area contributed by atoms with Crippen LogP contribution in [0.3, 0.4) is 0 Å². The van der Waals surface area contributed by atoms with E-state index in [1.54, 1.807) is 0 Å². The molecule has 5 unspecified atom stereocenters. The molecule has 3 N–H and O–H groups in total. The maximum Gasteiger partial charge on any atom is 0.0601 e. The van der Waals surface area contributed by atoms with Crippen LogP contribution >= 0.6 is 0 Å². The first-order chi connectivity index (χ1) is 10.1. The van der Waals surface area contributed by atoms with E-state index < -0.39 is 0 Å². The highest BCUT2D eigenvalue weighted by molar-refractivity contribution is 5.30. The van der Waals surface area contributed by atoms with Crippen LogP contribution in [0, 0.1) is 11.8 Å². The van der Waals surface area contributed by atoms with E-state index >= 15 is 0 Å². The van der Waals surface area contributed by atoms with Gasteiger partial charge in [-0.05, 0) is 49.7 Å². The third kappa shape index (κ3) is 2.75. The van der Waals surface area contributed by atoms with Crippen LogP contribution in [0.2, 0.25) is 0 Å². The molecule has 2 fully saturated rings. The molecule has 21 heavy (non-hydrogen) atoms. The minimum Gasteiger partial charge on any atom is -0.375 e. The zero-order valence-corrected chi connectivity index (χ0v) is 13.4. The molecule has 0 aromatic heterocycles. The van der Waals surface area contributed by atoms with Crippen LogP contribution in [0.25, 0.3) is 0 Å². The van der Waals surface area contributed by atoms with Crippen molar-refractivity contribution in [2.75, 3.05) is 0 Å². The lowest BCUT2D eigenvalue weighted by atomic mass is 9.77. The Morgan fingerprint density at radius 1 is 1.19 bits per heavy atom. The zero-order chi connectivity index (χ0) is 15.0. The molecule has 1 saturated carbocycles. The van der Waals surface area contributed by atoms with Gasteiger partial charge in [-0.3, -0.25) is 11.3 Å². The van der Waals surface area contributed by atoms with Crippen molar-refractivity contribution in [3.63, 3.8) is 0 Å². The molecule has 1 aromatic rings. The zero-order valence-electron chi connectivity index (χ0n) is 13.4. The van der Waals surface area contributed by atoms with Crippen LogP contribution < -0.4 is 11.3 Å². The van der Waals surface area contributed by atoms with E-state index in [1.807, 2.05) is 0 Å². The summed E-state index contributed by atoms with van der Waals surface area (Å²) in [5.41, 5.74) is 5.85. The fourth-order valence-electron chi connectivity index (χ4n) is 4.05. The average molecular weight is 288 g/mol. The lowest BCUT2D eigenvalue weighted by Gasteiger charge is -2.31. The van der Waals surface area contributed by atoms with Crippen molar-refractivity contribution in [1.29, 1.82) is 0 Å². The highest BCUT2D eigenvalue weighted by Gasteiger charge is 2.42. The number of hydrazine groups is 1. The Kier molecular flexibility index (Phi) is 4.34. The number of benzene rings is 1. The second-order valence-corrected chi connectivity index (χ2v) is 6.93. The van der Waals surface area contributed by atoms with Crippen LogP contribution in [0.4, 0.5) is 0 Å². The van der Waals surface area contributed by atoms with Crippen molar-refractivity contribution in [3.8, 4) is 0 Å². The van der Waals surface area contributed by atoms with Crippen LogP contribution in [0.5, 0.6) is 0 Å². The number of nitrogens with two attached hydrogens (primary N) is 1. The summed E-state index contributed by atoms with van der Waals surface area (Å²) in [4.78, 5) is 0. The summed E-state index contributed by atoms with van der Waals surface area (Å²) < 4.78 is 6.00. The summed E-state index contributed by atoms with van der Waals surface area (Å²) in [6, 6.07) is 9.18. The molecule has 0 spiro atoms. The standard InChI is InChI=1S/C18H28N2O/c1-11-12(2)21-13(3)17(11)18(20-19)16-9-5-8-15(10-16)14-6-4-7-14/h5,8-14,17-18,20H,4,6-7,19H2,1-3H3. The van der Waals surface area contributed by atoms with E-state index in [4.69, 9.17) is 10.6 Å². The number of hydrogen-bond acceptors (Lipinski definition) is 3. The molecule has 0 amide bonds. The van der Waals surface area contributed by atoms with Gasteiger partial charge in [0, 0.05) is 5.92 Å². The molecular formula is C18H28N2O. The van der Waals surface area contributed by atoms with Gasteiger partial charge in [-0.2, -0.15) is 0 Å². The van der Waals surface area contributed by atoms with Crippen molar-refractivity contribution >= 4 is 0 Å². The van der Waals surface area contributed by atoms with Crippen LogP contribution in [-0.2, 0) is 4.74 Å². The van der Waals surface area contributed by atoms with Crippen molar-refractivity contribution in [1.82, 2.24) is 5.43 Å². The summed E-state index contributed by atoms with van der Waals surface area (Å²) in [6.45, 7) is 6.61. The molecule has 5 atom stereocenters. The van der Waals surface area contributed by atoms with Gasteiger partial charge in [-0.15, -0.1) is 0 Å². The molecule has 0 radical (unpaired) electrons. The smallest absolute Gasteiger partial charge is 0.0601 e. The van der Waals surface area contributed by atoms with E-state index in [0.717, 1.165) is 5.92 Å². The number of nitrogens with one attached hydrogen (secondary N) is 1. The van der Waals surface area contributed by atoms with Gasteiger partial charge < -0.3 is 4.74 Å². The number of ether oxygens (including phenoxy) is 1. The van der Waals surface area contributed by atoms with Gasteiger partial charge in [0.15, 0.2) is 0 Å². The Hall–Kier alpha value is -0.900. The molecule has 1 aliphatic carbocycles. The quantitative estimate of drug-likeness (QED) is 0.658. The van der Waals surface area contributed by atoms with Crippen molar-refractivity contribution in [2.24, 2.45) is 17.7 Å². The Bertz CT molecular complexity index is 486. The van der Waals surface area contributed by atoms with E-state index in [1.165, 1.54) is 30.4 Å². The van der Waals surface area contributed by atoms with Gasteiger partial charge in [0.05, 0.1) is 18.2 Å². The largest absolute Gasteiger partial charge is 0.375 e. The third-order valence-corrected chi connectivity index (χ3v) is 5.73. The maximum atomic E-state index is 6.00. The van der Waals surface area contributed by atoms with Crippen molar-refractivity contribution < 1.29 is 4.74 Å². The van der Waals surface area contributed by atoms with Gasteiger partial charge >= 0.3 is 0 Å². The van der Waals surface area contributed by atoms with Crippen molar-refractivity contribution in [2.45, 2.75) is 64.2 Å². The van der Waals surface area contributed by atoms with Crippen LogP contribution in [-0.4, -0.2) is 12.2 Å². The first-order valence-electron chi connectivity index (χ1n) is 8.33. The Morgan fingerprint density at radius 3 is 2.48 bits per heavy atom. The lowest BCUT2D eigenvalue weighted by molar-refractivity contribution is 0.0475. The van der Waals surface area contributed by atoms with Crippen molar-refractivity contribution in [3.05, 3.63) is 35.4 Å². The monoisotopic (exact) mass is 288 g/mol. The van der Waals surface area contributed by atoms with E-state index in [0.29, 0.717) is 17.9 Å². The van der Waals surface area contributed by atoms with E-state index in [2.05, 4.69) is 50.5 Å². The molecular weight excluding hydrogens is 260 g/mol. The predicted octanol–water partition coefficient (Wildman–Crippen LogP) is 3.52. The summed E-state index contributed by atoms with van der Waals surface area (Å²) in [7, 11) is 0. The molecule has 2 aliphatic rings. The minimum atomic E-state index is 0.167. The Labute approximate surface area is 128 Å². The summed E-state index contributed by atoms with van der Waals surface area (Å²) in [6.07, 6.45) is 4.58. The van der Waals surface area contributed by atoms with Gasteiger partial charge in [0.1, 0.15) is 0 Å². The SMILES string of the molecule is CC1OC(C)C(C(NN)c2cccc(C3CCC3)c2)C1C. The molecule has 1 saturated heterocycles. The van der Waals surface area contributed by atoms with Crippen LogP contribution in [0.15, 0.2) is 24.3 Å². The summed E-state index contributed by atoms with van der Waals surface area (Å²) in [5, 5.41) is 0. The summed E-state index contributed by atoms with van der Waals surface area (Å²) in [5.74, 6) is 7.61. The highest BCUT2D eigenvalue weighted by Crippen LogP contribution is 2.42. The fraction of sp³-hybridized carbons (Fsp3) is 0.667. The normalized spacial score (nSPS) is 34.7. The second kappa shape index (κ2) is 6.07. The molecule has 0 bridgehead atoms. The molecule has 1 aliphatic heterocycles. The Morgan fingerprint density at radius 2 is 1.95 bits per heavy atom. The molecule has 1 aromatic carbocycles. The molecule has 3 rings (SSSR count). The maximum absolute atomic E-state index is 6.00. The van der Waals surface area contributed by atoms with Gasteiger partial charge in [0.2, 0.25) is 0 Å². The van der Waals surface area contributed by atoms with Crippen LogP contribution in [0.1, 0.15) is 63.1 Å². The Balaban J connectivity index is 1.85. The molecule has 116 valence electrons. The lowest BCUT2D eigenvalue weighted by Crippen LogP contribution is -2.38. The van der Waals surface area contributed by atoms with E-state index in [9.17, 15) is 0 Å². The van der Waals surface area contributed by atoms with Gasteiger partial charge in [-0.1, -0.05) is 37.6 Å². The molecule has 1 heterocycles. The highest BCUT2D eigenvalue weighted by atomic mass is 16.5. The minimum absolute atomic E-state index is 0.167. The van der Waals surface area contributed by atoms with Gasteiger partial charge in [-0.25, -0.2) is 0 Å². The third-order valence-electron chi connectivity index (χ3n) is 5.73. The predicted molar refractivity (Wildman–Crippen MR) is 85.8 cm³/mol. The van der Waals surface area contributed by atoms with E-state index in [-0.39, 0.29) is 12.1 Å². The topological polar surface area (TPSA) is 47.3 Å². The summed E-state index contributed by atoms with van der Waals surface area (Å²) >= 11 is 0. The number of rotatable bonds is 4. The molecule has 3 heteroatoms. The molecule has 3 nitrogen and oxygen atoms in total. The number of hydrogen-bond donors (Lipinski definition) is 2. The first kappa shape index (κ1) is 15.0. The average Bonchev–Trinajstić information content (AvgIpc) is 2.65. The first-order valence-corrected chi connectivity index (χ1v) is 8.33. The fourth-order valence-corrected chi connectivity index (χ4v) is 4.05.